The van der Waals surface area contributed by atoms with Gasteiger partial charge >= 0.3 is 11.9 Å². The predicted molar refractivity (Wildman–Crippen MR) is 118 cm³/mol. The van der Waals surface area contributed by atoms with Gasteiger partial charge in [0.25, 0.3) is 5.56 Å². The highest BCUT2D eigenvalue weighted by molar-refractivity contribution is 7.66. The van der Waals surface area contributed by atoms with Crippen LogP contribution in [0, 0.1) is 5.92 Å². The number of nitrogens with one attached hydrogen (secondary N) is 2. The number of carboxylic acid groups (broad SMARTS) is 2. The van der Waals surface area contributed by atoms with Gasteiger partial charge in [0, 0.05) is 23.6 Å². The Balaban J connectivity index is 1.67. The smallest absolute Gasteiger partial charge is 0.307 e. The third-order valence-electron chi connectivity index (χ3n) is 4.75. The van der Waals surface area contributed by atoms with Crippen LogP contribution in [-0.2, 0) is 20.7 Å². The molecule has 0 saturated heterocycles. The molecule has 0 fully saturated rings. The molecule has 33 heavy (non-hydrogen) atoms. The monoisotopic (exact) mass is 476 g/mol. The van der Waals surface area contributed by atoms with E-state index < -0.39 is 43.4 Å². The van der Waals surface area contributed by atoms with Crippen molar-refractivity contribution in [3.8, 4) is 0 Å². The molecular formula is C19H21N6O7P. The Labute approximate surface area is 186 Å². The van der Waals surface area contributed by atoms with Crippen molar-refractivity contribution in [2.75, 3.05) is 17.2 Å². The van der Waals surface area contributed by atoms with Gasteiger partial charge in [-0.15, -0.1) is 0 Å². The number of anilines is 2. The highest BCUT2D eigenvalue weighted by Crippen LogP contribution is 2.42. The number of hydrogen-bond donors (Lipinski definition) is 6. The molecule has 0 spiro atoms. The minimum absolute atomic E-state index is 0.0379. The molecule has 2 heterocycles. The predicted octanol–water partition coefficient (Wildman–Crippen LogP) is 0.369. The van der Waals surface area contributed by atoms with Gasteiger partial charge in [-0.05, 0) is 30.7 Å². The number of hydrogen-bond acceptors (Lipinski definition) is 9. The summed E-state index contributed by atoms with van der Waals surface area (Å²) in [5.74, 6) is -3.82. The van der Waals surface area contributed by atoms with Crippen molar-refractivity contribution < 1.29 is 29.3 Å². The molecule has 13 nitrogen and oxygen atoms in total. The summed E-state index contributed by atoms with van der Waals surface area (Å²) in [5.41, 5.74) is 6.13. The minimum atomic E-state index is -4.03. The quantitative estimate of drug-likeness (QED) is 0.218. The van der Waals surface area contributed by atoms with Gasteiger partial charge < -0.3 is 26.2 Å². The molecular weight excluding hydrogens is 455 g/mol. The van der Waals surface area contributed by atoms with E-state index in [0.29, 0.717) is 11.4 Å². The van der Waals surface area contributed by atoms with Gasteiger partial charge in [-0.3, -0.25) is 23.9 Å². The van der Waals surface area contributed by atoms with E-state index in [0.717, 1.165) is 0 Å². The molecule has 3 aromatic rings. The summed E-state index contributed by atoms with van der Waals surface area (Å²) in [6.45, 7) is 0.194. The lowest BCUT2D eigenvalue weighted by Gasteiger charge is -2.17. The Hall–Kier alpha value is -3.83. The van der Waals surface area contributed by atoms with Gasteiger partial charge in [-0.25, -0.2) is 9.97 Å². The van der Waals surface area contributed by atoms with Crippen molar-refractivity contribution in [2.45, 2.75) is 19.4 Å². The third kappa shape index (κ3) is 6.11. The first-order chi connectivity index (χ1) is 15.5. The van der Waals surface area contributed by atoms with Crippen LogP contribution in [0.1, 0.15) is 18.5 Å². The van der Waals surface area contributed by atoms with Crippen LogP contribution in [0.25, 0.3) is 11.2 Å². The normalized spacial score (nSPS) is 13.8. The second-order valence-corrected chi connectivity index (χ2v) is 9.52. The largest absolute Gasteiger partial charge is 0.481 e. The number of aromatic nitrogens is 4. The van der Waals surface area contributed by atoms with E-state index in [-0.39, 0.29) is 35.4 Å². The molecule has 3 rings (SSSR count). The molecule has 0 saturated carbocycles. The lowest BCUT2D eigenvalue weighted by molar-refractivity contribution is -0.142. The Bertz CT molecular complexity index is 1290. The van der Waals surface area contributed by atoms with Crippen molar-refractivity contribution in [3.05, 3.63) is 46.5 Å². The number of aromatic amines is 1. The van der Waals surface area contributed by atoms with Crippen LogP contribution in [0.3, 0.4) is 0 Å². The average Bonchev–Trinajstić information content (AvgIpc) is 2.75. The SMILES string of the molecule is Nc1nc2ncc(CNc3ccc(P(=O)(O)CC(CCC(=O)O)C(=O)O)cc3)nc2c(=O)[nH]1. The van der Waals surface area contributed by atoms with E-state index in [1.165, 1.54) is 30.5 Å². The van der Waals surface area contributed by atoms with E-state index in [4.69, 9.17) is 10.8 Å². The minimum Gasteiger partial charge on any atom is -0.481 e. The van der Waals surface area contributed by atoms with E-state index >= 15 is 0 Å². The second-order valence-electron chi connectivity index (χ2n) is 7.24. The van der Waals surface area contributed by atoms with Crippen molar-refractivity contribution in [1.29, 1.82) is 0 Å². The van der Waals surface area contributed by atoms with Crippen molar-refractivity contribution in [3.63, 3.8) is 0 Å². The first-order valence-corrected chi connectivity index (χ1v) is 11.5. The lowest BCUT2D eigenvalue weighted by atomic mass is 10.1. The first-order valence-electron chi connectivity index (χ1n) is 9.67. The van der Waals surface area contributed by atoms with Crippen LogP contribution >= 0.6 is 7.37 Å². The number of nitrogens with two attached hydrogens (primary N) is 1. The van der Waals surface area contributed by atoms with Crippen LogP contribution in [0.2, 0.25) is 0 Å². The standard InChI is InChI=1S/C19H21N6O7P/c20-19-24-16-15(17(28)25-19)23-12(8-22-16)7-21-11-2-4-13(5-3-11)33(31,32)9-10(18(29)30)1-6-14(26)27/h2-5,8,10,21H,1,6-7,9H2,(H,26,27)(H,29,30)(H,31,32)(H3,20,22,24,25,28). The topological polar surface area (TPSA) is 221 Å². The summed E-state index contributed by atoms with van der Waals surface area (Å²) in [6.07, 6.45) is 0.211. The molecule has 0 aliphatic heterocycles. The van der Waals surface area contributed by atoms with Crippen molar-refractivity contribution in [1.82, 2.24) is 19.9 Å². The number of nitrogen functional groups attached to an aromatic ring is 1. The molecule has 0 aliphatic rings. The van der Waals surface area contributed by atoms with Crippen LogP contribution in [0.5, 0.6) is 0 Å². The van der Waals surface area contributed by atoms with Crippen LogP contribution < -0.4 is 21.9 Å². The molecule has 14 heteroatoms. The van der Waals surface area contributed by atoms with Crippen molar-refractivity contribution in [2.24, 2.45) is 5.92 Å². The van der Waals surface area contributed by atoms with Gasteiger partial charge in [0.05, 0.1) is 24.4 Å². The third-order valence-corrected chi connectivity index (χ3v) is 6.80. The number of benzene rings is 1. The second kappa shape index (κ2) is 9.76. The fourth-order valence-corrected chi connectivity index (χ4v) is 4.82. The molecule has 1 aromatic carbocycles. The summed E-state index contributed by atoms with van der Waals surface area (Å²) in [5, 5.41) is 21.1. The number of carboxylic acids is 2. The van der Waals surface area contributed by atoms with E-state index in [9.17, 15) is 28.9 Å². The number of H-pyrrole nitrogens is 1. The molecule has 2 unspecified atom stereocenters. The van der Waals surface area contributed by atoms with Crippen LogP contribution in [0.15, 0.2) is 35.3 Å². The summed E-state index contributed by atoms with van der Waals surface area (Å²) >= 11 is 0. The maximum atomic E-state index is 12.7. The van der Waals surface area contributed by atoms with Gasteiger partial charge in [-0.2, -0.15) is 4.98 Å². The first kappa shape index (κ1) is 23.8. The molecule has 0 aliphatic carbocycles. The van der Waals surface area contributed by atoms with Crippen LogP contribution in [-0.4, -0.2) is 53.1 Å². The maximum absolute atomic E-state index is 12.7. The molecule has 0 radical (unpaired) electrons. The molecule has 0 amide bonds. The molecule has 174 valence electrons. The van der Waals surface area contributed by atoms with E-state index in [2.05, 4.69) is 25.3 Å². The number of carbonyl (C=O) groups is 2. The summed E-state index contributed by atoms with van der Waals surface area (Å²) < 4.78 is 12.7. The Morgan fingerprint density at radius 2 is 1.88 bits per heavy atom. The number of rotatable bonds is 10. The zero-order valence-corrected chi connectivity index (χ0v) is 18.0. The highest BCUT2D eigenvalue weighted by atomic mass is 31.2. The zero-order valence-electron chi connectivity index (χ0n) is 17.1. The van der Waals surface area contributed by atoms with E-state index in [1.807, 2.05) is 0 Å². The van der Waals surface area contributed by atoms with Gasteiger partial charge in [-0.1, -0.05) is 0 Å². The summed E-state index contributed by atoms with van der Waals surface area (Å²) in [6, 6.07) is 5.86. The maximum Gasteiger partial charge on any atom is 0.307 e. The Morgan fingerprint density at radius 1 is 1.18 bits per heavy atom. The number of aliphatic carboxylic acids is 2. The van der Waals surface area contributed by atoms with Gasteiger partial charge in [0.15, 0.2) is 11.2 Å². The molecule has 2 atom stereocenters. The van der Waals surface area contributed by atoms with Crippen molar-refractivity contribution >= 4 is 47.4 Å². The molecule has 7 N–H and O–H groups in total. The number of nitrogens with zero attached hydrogens (tertiary/aromatic N) is 3. The van der Waals surface area contributed by atoms with E-state index in [1.54, 1.807) is 0 Å². The lowest BCUT2D eigenvalue weighted by Crippen LogP contribution is -2.22. The zero-order chi connectivity index (χ0) is 24.2. The molecule has 0 bridgehead atoms. The molecule has 2 aromatic heterocycles. The van der Waals surface area contributed by atoms with Crippen LogP contribution in [0.4, 0.5) is 11.6 Å². The number of fused-ring (bicyclic) bond motifs is 1. The fraction of sp³-hybridized carbons (Fsp3) is 0.263. The Kier molecular flexibility index (Phi) is 7.04. The summed E-state index contributed by atoms with van der Waals surface area (Å²) in [7, 11) is -4.03. The Morgan fingerprint density at radius 3 is 2.52 bits per heavy atom. The van der Waals surface area contributed by atoms with Gasteiger partial charge in [0.1, 0.15) is 0 Å². The van der Waals surface area contributed by atoms with Gasteiger partial charge in [0.2, 0.25) is 13.3 Å². The fourth-order valence-electron chi connectivity index (χ4n) is 3.06. The summed E-state index contributed by atoms with van der Waals surface area (Å²) in [4.78, 5) is 58.8. The average molecular weight is 476 g/mol. The highest BCUT2D eigenvalue weighted by Gasteiger charge is 2.30.